The van der Waals surface area contributed by atoms with E-state index in [1.807, 2.05) is 24.3 Å². The van der Waals surface area contributed by atoms with E-state index in [9.17, 15) is 0 Å². The van der Waals surface area contributed by atoms with Gasteiger partial charge in [-0.15, -0.1) is 0 Å². The van der Waals surface area contributed by atoms with E-state index in [-0.39, 0.29) is 6.61 Å². The van der Waals surface area contributed by atoms with Crippen molar-refractivity contribution in [2.75, 3.05) is 13.2 Å². The lowest BCUT2D eigenvalue weighted by Crippen LogP contribution is -2.03. The summed E-state index contributed by atoms with van der Waals surface area (Å²) >= 11 is 1.71. The Kier molecular flexibility index (Phi) is 4.59. The van der Waals surface area contributed by atoms with Crippen LogP contribution in [0.5, 0.6) is 5.75 Å². The lowest BCUT2D eigenvalue weighted by molar-refractivity contribution is 0.289. The fraction of sp³-hybridized carbons (Fsp3) is 0.286. The van der Waals surface area contributed by atoms with Crippen molar-refractivity contribution < 1.29 is 9.84 Å². The molecule has 0 atom stereocenters. The molecule has 0 radical (unpaired) electrons. The Morgan fingerprint density at radius 3 is 2.76 bits per heavy atom. The minimum atomic E-state index is 0.158. The smallest absolute Gasteiger partial charge is 0.122 e. The van der Waals surface area contributed by atoms with Crippen molar-refractivity contribution in [3.63, 3.8) is 0 Å². The molecule has 17 heavy (non-hydrogen) atoms. The maximum absolute atomic E-state index is 8.97. The molecule has 2 aromatic rings. The van der Waals surface area contributed by atoms with Gasteiger partial charge < -0.3 is 9.84 Å². The number of ether oxygens (including phenoxy) is 1. The van der Waals surface area contributed by atoms with Crippen molar-refractivity contribution in [2.45, 2.75) is 12.8 Å². The van der Waals surface area contributed by atoms with E-state index in [1.54, 1.807) is 11.3 Å². The monoisotopic (exact) mass is 248 g/mol. The van der Waals surface area contributed by atoms with Crippen LogP contribution in [0.4, 0.5) is 0 Å². The molecule has 0 bridgehead atoms. The lowest BCUT2D eigenvalue weighted by Gasteiger charge is -2.10. The van der Waals surface area contributed by atoms with Crippen molar-refractivity contribution in [3.05, 3.63) is 52.2 Å². The number of thiophene rings is 1. The number of rotatable bonds is 6. The Morgan fingerprint density at radius 2 is 2.00 bits per heavy atom. The zero-order valence-electron chi connectivity index (χ0n) is 9.63. The molecule has 90 valence electrons. The summed E-state index contributed by atoms with van der Waals surface area (Å²) in [5.74, 6) is 0.886. The van der Waals surface area contributed by atoms with Crippen molar-refractivity contribution >= 4 is 11.3 Å². The molecule has 0 unspecified atom stereocenters. The fourth-order valence-corrected chi connectivity index (χ4v) is 2.39. The van der Waals surface area contributed by atoms with Crippen LogP contribution >= 0.6 is 11.3 Å². The van der Waals surface area contributed by atoms with E-state index >= 15 is 0 Å². The third kappa shape index (κ3) is 3.58. The molecule has 0 saturated heterocycles. The van der Waals surface area contributed by atoms with E-state index < -0.39 is 0 Å². The zero-order chi connectivity index (χ0) is 11.9. The summed E-state index contributed by atoms with van der Waals surface area (Å²) in [6.07, 6.45) is 1.57. The van der Waals surface area contributed by atoms with Crippen LogP contribution in [0, 0.1) is 0 Å². The molecule has 3 heteroatoms. The van der Waals surface area contributed by atoms with E-state index in [2.05, 4.69) is 16.8 Å². The molecule has 0 amide bonds. The average molecular weight is 248 g/mol. The summed E-state index contributed by atoms with van der Waals surface area (Å²) in [6, 6.07) is 10.00. The average Bonchev–Trinajstić information content (AvgIpc) is 2.85. The third-order valence-electron chi connectivity index (χ3n) is 2.58. The minimum absolute atomic E-state index is 0.158. The molecule has 2 rings (SSSR count). The molecule has 0 fully saturated rings. The van der Waals surface area contributed by atoms with Crippen LogP contribution in [0.1, 0.15) is 11.1 Å². The second-order valence-corrected chi connectivity index (χ2v) is 4.59. The molecule has 0 aliphatic heterocycles. The predicted molar refractivity (Wildman–Crippen MR) is 70.7 cm³/mol. The summed E-state index contributed by atoms with van der Waals surface area (Å²) in [7, 11) is 0. The van der Waals surface area contributed by atoms with Crippen molar-refractivity contribution in [1.82, 2.24) is 0 Å². The molecule has 1 heterocycles. The van der Waals surface area contributed by atoms with Gasteiger partial charge in [-0.25, -0.2) is 0 Å². The summed E-state index contributed by atoms with van der Waals surface area (Å²) in [4.78, 5) is 0. The van der Waals surface area contributed by atoms with Crippen LogP contribution in [0.15, 0.2) is 41.1 Å². The molecule has 2 nitrogen and oxygen atoms in total. The molecular weight excluding hydrogens is 232 g/mol. The summed E-state index contributed by atoms with van der Waals surface area (Å²) in [6.45, 7) is 0.837. The Hall–Kier alpha value is -1.32. The first-order valence-electron chi connectivity index (χ1n) is 5.73. The van der Waals surface area contributed by atoms with Crippen LogP contribution in [-0.4, -0.2) is 18.3 Å². The standard InChI is InChI=1S/C14H16O2S/c15-8-5-13-3-1-2-4-14(13)16-9-6-12-7-10-17-11-12/h1-4,7,10-11,15H,5-6,8-9H2. The van der Waals surface area contributed by atoms with Gasteiger partial charge in [0.25, 0.3) is 0 Å². The highest BCUT2D eigenvalue weighted by Gasteiger charge is 2.02. The first-order chi connectivity index (χ1) is 8.40. The number of hydrogen-bond donors (Lipinski definition) is 1. The second kappa shape index (κ2) is 6.42. The van der Waals surface area contributed by atoms with Crippen molar-refractivity contribution in [2.24, 2.45) is 0 Å². The van der Waals surface area contributed by atoms with Gasteiger partial charge in [-0.2, -0.15) is 11.3 Å². The zero-order valence-corrected chi connectivity index (χ0v) is 10.5. The van der Waals surface area contributed by atoms with Crippen LogP contribution in [-0.2, 0) is 12.8 Å². The van der Waals surface area contributed by atoms with E-state index in [1.165, 1.54) is 5.56 Å². The van der Waals surface area contributed by atoms with Gasteiger partial charge >= 0.3 is 0 Å². The minimum Gasteiger partial charge on any atom is -0.493 e. The normalized spacial score (nSPS) is 10.4. The Labute approximate surface area is 105 Å². The summed E-state index contributed by atoms with van der Waals surface area (Å²) < 4.78 is 5.76. The Morgan fingerprint density at radius 1 is 1.12 bits per heavy atom. The van der Waals surface area contributed by atoms with Crippen LogP contribution in [0.25, 0.3) is 0 Å². The predicted octanol–water partition coefficient (Wildman–Crippen LogP) is 2.90. The first-order valence-corrected chi connectivity index (χ1v) is 6.67. The van der Waals surface area contributed by atoms with E-state index in [0.717, 1.165) is 17.7 Å². The van der Waals surface area contributed by atoms with Crippen molar-refractivity contribution in [1.29, 1.82) is 0 Å². The fourth-order valence-electron chi connectivity index (χ4n) is 1.69. The van der Waals surface area contributed by atoms with Gasteiger partial charge in [0.2, 0.25) is 0 Å². The summed E-state index contributed by atoms with van der Waals surface area (Å²) in [5, 5.41) is 13.2. The maximum Gasteiger partial charge on any atom is 0.122 e. The number of para-hydroxylation sites is 1. The quantitative estimate of drug-likeness (QED) is 0.851. The van der Waals surface area contributed by atoms with Gasteiger partial charge in [-0.05, 0) is 40.4 Å². The first kappa shape index (κ1) is 12.1. The number of aliphatic hydroxyl groups excluding tert-OH is 1. The SMILES string of the molecule is OCCc1ccccc1OCCc1ccsc1. The van der Waals surface area contributed by atoms with Gasteiger partial charge in [0.1, 0.15) is 5.75 Å². The van der Waals surface area contributed by atoms with Gasteiger partial charge in [0.15, 0.2) is 0 Å². The molecule has 0 saturated carbocycles. The molecular formula is C14H16O2S. The second-order valence-electron chi connectivity index (χ2n) is 3.81. The highest BCUT2D eigenvalue weighted by molar-refractivity contribution is 7.07. The lowest BCUT2D eigenvalue weighted by atomic mass is 10.1. The van der Waals surface area contributed by atoms with E-state index in [4.69, 9.17) is 9.84 Å². The molecule has 1 aromatic carbocycles. The van der Waals surface area contributed by atoms with Crippen LogP contribution < -0.4 is 4.74 Å². The van der Waals surface area contributed by atoms with E-state index in [0.29, 0.717) is 13.0 Å². The molecule has 0 spiro atoms. The van der Waals surface area contributed by atoms with Gasteiger partial charge in [0.05, 0.1) is 6.61 Å². The molecule has 0 aliphatic rings. The number of benzene rings is 1. The summed E-state index contributed by atoms with van der Waals surface area (Å²) in [5.41, 5.74) is 2.38. The van der Waals surface area contributed by atoms with Crippen LogP contribution in [0.2, 0.25) is 0 Å². The maximum atomic E-state index is 8.97. The Balaban J connectivity index is 1.89. The highest BCUT2D eigenvalue weighted by Crippen LogP contribution is 2.18. The topological polar surface area (TPSA) is 29.5 Å². The number of hydrogen-bond acceptors (Lipinski definition) is 3. The molecule has 1 aromatic heterocycles. The van der Waals surface area contributed by atoms with Gasteiger partial charge in [-0.3, -0.25) is 0 Å². The van der Waals surface area contributed by atoms with Crippen molar-refractivity contribution in [3.8, 4) is 5.75 Å². The van der Waals surface area contributed by atoms with Crippen LogP contribution in [0.3, 0.4) is 0 Å². The Bertz CT molecular complexity index is 437. The molecule has 1 N–H and O–H groups in total. The molecule has 0 aliphatic carbocycles. The highest BCUT2D eigenvalue weighted by atomic mass is 32.1. The number of aliphatic hydroxyl groups is 1. The largest absolute Gasteiger partial charge is 0.493 e. The van der Waals surface area contributed by atoms with Gasteiger partial charge in [-0.1, -0.05) is 18.2 Å². The van der Waals surface area contributed by atoms with Gasteiger partial charge in [0, 0.05) is 13.0 Å². The third-order valence-corrected chi connectivity index (χ3v) is 3.31.